The highest BCUT2D eigenvalue weighted by Crippen LogP contribution is 2.26. The van der Waals surface area contributed by atoms with Gasteiger partial charge in [0.2, 0.25) is 5.95 Å². The monoisotopic (exact) mass is 400 g/mol. The van der Waals surface area contributed by atoms with E-state index in [0.717, 1.165) is 54.6 Å². The van der Waals surface area contributed by atoms with Gasteiger partial charge in [0.05, 0.1) is 23.8 Å². The highest BCUT2D eigenvalue weighted by Gasteiger charge is 2.13. The molecule has 0 spiro atoms. The van der Waals surface area contributed by atoms with E-state index in [9.17, 15) is 0 Å². The van der Waals surface area contributed by atoms with Crippen molar-refractivity contribution >= 4 is 29.9 Å². The fourth-order valence-electron chi connectivity index (χ4n) is 3.19. The Balaban J connectivity index is 0.00000225. The number of pyridine rings is 1. The molecule has 0 radical (unpaired) electrons. The minimum absolute atomic E-state index is 0. The predicted octanol–water partition coefficient (Wildman–Crippen LogP) is 2.96. The molecule has 1 fully saturated rings. The molecule has 0 aliphatic carbocycles. The Morgan fingerprint density at radius 1 is 1.07 bits per heavy atom. The second-order valence-corrected chi connectivity index (χ2v) is 6.88. The Hall–Kier alpha value is -2.71. The molecule has 28 heavy (non-hydrogen) atoms. The van der Waals surface area contributed by atoms with Gasteiger partial charge in [-0.1, -0.05) is 13.8 Å². The van der Waals surface area contributed by atoms with Crippen molar-refractivity contribution in [1.82, 2.24) is 30.5 Å². The molecule has 8 nitrogen and oxygen atoms in total. The van der Waals surface area contributed by atoms with Gasteiger partial charge in [-0.05, 0) is 24.1 Å². The summed E-state index contributed by atoms with van der Waals surface area (Å²) < 4.78 is 0. The number of halogens is 1. The van der Waals surface area contributed by atoms with E-state index in [1.165, 1.54) is 0 Å². The molecule has 0 amide bonds. The molecule has 0 bridgehead atoms. The normalized spacial score (nSPS) is 14.0. The van der Waals surface area contributed by atoms with Crippen LogP contribution in [0, 0.1) is 0 Å². The Morgan fingerprint density at radius 3 is 2.61 bits per heavy atom. The number of nitrogens with zero attached hydrogens (tertiary/aromatic N) is 5. The van der Waals surface area contributed by atoms with E-state index in [1.54, 1.807) is 6.20 Å². The lowest BCUT2D eigenvalue weighted by Crippen LogP contribution is -2.43. The van der Waals surface area contributed by atoms with Crippen LogP contribution >= 0.6 is 12.4 Å². The van der Waals surface area contributed by atoms with Gasteiger partial charge in [0.1, 0.15) is 5.82 Å². The van der Waals surface area contributed by atoms with Crippen molar-refractivity contribution in [1.29, 1.82) is 0 Å². The maximum atomic E-state index is 4.62. The number of hydrogen-bond donors (Lipinski definition) is 3. The zero-order chi connectivity index (χ0) is 18.6. The van der Waals surface area contributed by atoms with Crippen LogP contribution in [0.3, 0.4) is 0 Å². The topological polar surface area (TPSA) is 94.7 Å². The number of hydrogen-bond acceptors (Lipinski definition) is 7. The lowest BCUT2D eigenvalue weighted by atomic mass is 10.0. The third kappa shape index (κ3) is 4.40. The highest BCUT2D eigenvalue weighted by atomic mass is 35.5. The first-order valence-electron chi connectivity index (χ1n) is 9.26. The third-order valence-electron chi connectivity index (χ3n) is 4.65. The summed E-state index contributed by atoms with van der Waals surface area (Å²) in [6.45, 7) is 8.27. The molecule has 3 aromatic heterocycles. The third-order valence-corrected chi connectivity index (χ3v) is 4.65. The second kappa shape index (κ2) is 8.99. The van der Waals surface area contributed by atoms with E-state index in [4.69, 9.17) is 0 Å². The van der Waals surface area contributed by atoms with E-state index in [1.807, 2.05) is 24.5 Å². The van der Waals surface area contributed by atoms with Crippen molar-refractivity contribution in [3.63, 3.8) is 0 Å². The number of anilines is 3. The van der Waals surface area contributed by atoms with Crippen molar-refractivity contribution in [2.75, 3.05) is 36.4 Å². The lowest BCUT2D eigenvalue weighted by Gasteiger charge is -2.29. The minimum atomic E-state index is 0. The van der Waals surface area contributed by atoms with E-state index >= 15 is 0 Å². The Bertz CT molecular complexity index is 887. The Labute approximate surface area is 170 Å². The van der Waals surface area contributed by atoms with Gasteiger partial charge in [-0.15, -0.1) is 12.4 Å². The number of piperazine rings is 1. The number of H-pyrrole nitrogens is 1. The molecule has 1 saturated heterocycles. The van der Waals surface area contributed by atoms with Gasteiger partial charge in [-0.3, -0.25) is 5.10 Å². The van der Waals surface area contributed by atoms with E-state index < -0.39 is 0 Å². The summed E-state index contributed by atoms with van der Waals surface area (Å²) in [7, 11) is 0. The summed E-state index contributed by atoms with van der Waals surface area (Å²) in [5.41, 5.74) is 4.04. The first kappa shape index (κ1) is 20.0. The Kier molecular flexibility index (Phi) is 6.43. The van der Waals surface area contributed by atoms with Crippen LogP contribution in [0.1, 0.15) is 25.5 Å². The summed E-state index contributed by atoms with van der Waals surface area (Å²) in [5.74, 6) is 1.58. The molecule has 0 atom stereocenters. The average molecular weight is 401 g/mol. The lowest BCUT2D eigenvalue weighted by molar-refractivity contribution is 0.589. The van der Waals surface area contributed by atoms with Gasteiger partial charge < -0.3 is 15.5 Å². The zero-order valence-electron chi connectivity index (χ0n) is 16.0. The van der Waals surface area contributed by atoms with Gasteiger partial charge in [-0.25, -0.2) is 15.0 Å². The van der Waals surface area contributed by atoms with E-state index in [0.29, 0.717) is 11.9 Å². The summed E-state index contributed by atoms with van der Waals surface area (Å²) in [6.07, 6.45) is 5.45. The molecule has 1 aliphatic heterocycles. The highest BCUT2D eigenvalue weighted by molar-refractivity contribution is 5.85. The van der Waals surface area contributed by atoms with Gasteiger partial charge in [0, 0.05) is 43.6 Å². The van der Waals surface area contributed by atoms with Gasteiger partial charge in [0.25, 0.3) is 0 Å². The van der Waals surface area contributed by atoms with Gasteiger partial charge in [-0.2, -0.15) is 5.10 Å². The van der Waals surface area contributed by atoms with Crippen molar-refractivity contribution in [2.24, 2.45) is 0 Å². The summed E-state index contributed by atoms with van der Waals surface area (Å²) in [4.78, 5) is 15.8. The predicted molar refractivity (Wildman–Crippen MR) is 114 cm³/mol. The molecule has 3 N–H and O–H groups in total. The van der Waals surface area contributed by atoms with Crippen LogP contribution in [0.15, 0.2) is 36.8 Å². The van der Waals surface area contributed by atoms with E-state index in [2.05, 4.69) is 60.6 Å². The molecule has 9 heteroatoms. The molecule has 0 aromatic carbocycles. The fraction of sp³-hybridized carbons (Fsp3) is 0.368. The molecule has 148 valence electrons. The average Bonchev–Trinajstić information content (AvgIpc) is 3.20. The number of aromatic nitrogens is 5. The molecule has 0 unspecified atom stereocenters. The van der Waals surface area contributed by atoms with Crippen LogP contribution in [0.4, 0.5) is 17.5 Å². The van der Waals surface area contributed by atoms with Crippen molar-refractivity contribution in [3.05, 3.63) is 42.5 Å². The molecule has 1 aliphatic rings. The standard InChI is InChI=1S/C19H24N8.ClH/c1-13(2)18-15(12-23-26-18)16-5-6-21-19(24-16)25-17-4-3-14(11-22-17)27-9-7-20-8-10-27;/h3-6,11-13,20H,7-10H2,1-2H3,(H,23,26)(H,21,22,24,25);1H. The minimum Gasteiger partial charge on any atom is -0.368 e. The first-order valence-corrected chi connectivity index (χ1v) is 9.26. The Morgan fingerprint density at radius 2 is 1.89 bits per heavy atom. The molecular formula is C19H25ClN8. The van der Waals surface area contributed by atoms with Crippen LogP contribution < -0.4 is 15.5 Å². The second-order valence-electron chi connectivity index (χ2n) is 6.88. The number of aromatic amines is 1. The van der Waals surface area contributed by atoms with Crippen molar-refractivity contribution < 1.29 is 0 Å². The molecular weight excluding hydrogens is 376 g/mol. The summed E-state index contributed by atoms with van der Waals surface area (Å²) in [6, 6.07) is 5.94. The van der Waals surface area contributed by atoms with Crippen LogP contribution in [0.2, 0.25) is 0 Å². The quantitative estimate of drug-likeness (QED) is 0.606. The number of nitrogens with one attached hydrogen (secondary N) is 3. The van der Waals surface area contributed by atoms with Crippen molar-refractivity contribution in [2.45, 2.75) is 19.8 Å². The van der Waals surface area contributed by atoms with Crippen molar-refractivity contribution in [3.8, 4) is 11.3 Å². The fourth-order valence-corrected chi connectivity index (χ4v) is 3.19. The summed E-state index contributed by atoms with van der Waals surface area (Å²) >= 11 is 0. The molecule has 4 rings (SSSR count). The van der Waals surface area contributed by atoms with Crippen LogP contribution in [-0.2, 0) is 0 Å². The number of rotatable bonds is 5. The molecule has 4 heterocycles. The van der Waals surface area contributed by atoms with Crippen LogP contribution in [-0.4, -0.2) is 51.3 Å². The zero-order valence-corrected chi connectivity index (χ0v) is 16.8. The maximum Gasteiger partial charge on any atom is 0.228 e. The van der Waals surface area contributed by atoms with Crippen LogP contribution in [0.25, 0.3) is 11.3 Å². The maximum absolute atomic E-state index is 4.62. The van der Waals surface area contributed by atoms with E-state index in [-0.39, 0.29) is 12.4 Å². The van der Waals surface area contributed by atoms with Crippen LogP contribution in [0.5, 0.6) is 0 Å². The summed E-state index contributed by atoms with van der Waals surface area (Å²) in [5, 5.41) is 13.8. The smallest absolute Gasteiger partial charge is 0.228 e. The van der Waals surface area contributed by atoms with Gasteiger partial charge in [0.15, 0.2) is 0 Å². The first-order chi connectivity index (χ1) is 13.2. The molecule has 3 aromatic rings. The van der Waals surface area contributed by atoms with Gasteiger partial charge >= 0.3 is 0 Å². The molecule has 0 saturated carbocycles. The SMILES string of the molecule is CC(C)c1[nH]ncc1-c1ccnc(Nc2ccc(N3CCNCC3)cn2)n1.Cl. The largest absolute Gasteiger partial charge is 0.368 e.